The van der Waals surface area contributed by atoms with E-state index < -0.39 is 5.91 Å². The summed E-state index contributed by atoms with van der Waals surface area (Å²) in [6, 6.07) is 17.3. The van der Waals surface area contributed by atoms with Crippen LogP contribution in [0.3, 0.4) is 0 Å². The highest BCUT2D eigenvalue weighted by Crippen LogP contribution is 2.16. The van der Waals surface area contributed by atoms with E-state index in [9.17, 15) is 9.59 Å². The molecule has 0 aliphatic carbocycles. The molecule has 1 heterocycles. The average molecular weight is 382 g/mol. The third kappa shape index (κ3) is 6.37. The summed E-state index contributed by atoms with van der Waals surface area (Å²) in [5, 5.41) is 2.89. The summed E-state index contributed by atoms with van der Waals surface area (Å²) >= 11 is 0. The molecule has 148 valence electrons. The van der Waals surface area contributed by atoms with Crippen molar-refractivity contribution < 1.29 is 14.3 Å². The molecule has 0 radical (unpaired) electrons. The maximum Gasteiger partial charge on any atom is 0.255 e. The van der Waals surface area contributed by atoms with Crippen LogP contribution in [-0.4, -0.2) is 60.9 Å². The zero-order valence-electron chi connectivity index (χ0n) is 15.8. The highest BCUT2D eigenvalue weighted by molar-refractivity contribution is 5.92. The van der Waals surface area contributed by atoms with Crippen molar-refractivity contribution in [1.29, 1.82) is 0 Å². The number of carbonyl (C=O) groups is 2. The number of carbonyl (C=O) groups excluding carboxylic acids is 2. The van der Waals surface area contributed by atoms with E-state index in [2.05, 4.69) is 39.4 Å². The Morgan fingerprint density at radius 2 is 1.57 bits per heavy atom. The van der Waals surface area contributed by atoms with Crippen LogP contribution in [0, 0.1) is 0 Å². The van der Waals surface area contributed by atoms with Crippen molar-refractivity contribution in [2.45, 2.75) is 6.54 Å². The standard InChI is InChI=1S/C21H26N4O3/c22-20(26)16-28-19-8-6-18(7-9-19)23-21(27)15-25-12-10-24(11-13-25)14-17-4-2-1-3-5-17/h1-9H,10-16H2,(H2,22,26)(H,23,27). The number of amides is 2. The predicted molar refractivity (Wildman–Crippen MR) is 108 cm³/mol. The van der Waals surface area contributed by atoms with Gasteiger partial charge in [0.15, 0.2) is 6.61 Å². The SMILES string of the molecule is NC(=O)COc1ccc(NC(=O)CN2CCN(Cc3ccccc3)CC2)cc1. The summed E-state index contributed by atoms with van der Waals surface area (Å²) in [4.78, 5) is 27.6. The van der Waals surface area contributed by atoms with Crippen LogP contribution in [-0.2, 0) is 16.1 Å². The van der Waals surface area contributed by atoms with E-state index in [1.165, 1.54) is 5.56 Å². The number of rotatable bonds is 8. The molecule has 0 atom stereocenters. The van der Waals surface area contributed by atoms with Crippen LogP contribution >= 0.6 is 0 Å². The minimum Gasteiger partial charge on any atom is -0.484 e. The van der Waals surface area contributed by atoms with Crippen LogP contribution in [0.1, 0.15) is 5.56 Å². The number of anilines is 1. The monoisotopic (exact) mass is 382 g/mol. The first-order valence-corrected chi connectivity index (χ1v) is 9.38. The molecule has 0 bridgehead atoms. The fraction of sp³-hybridized carbons (Fsp3) is 0.333. The summed E-state index contributed by atoms with van der Waals surface area (Å²) in [6.45, 7) is 4.81. The fourth-order valence-electron chi connectivity index (χ4n) is 3.14. The predicted octanol–water partition coefficient (Wildman–Crippen LogP) is 1.31. The molecule has 28 heavy (non-hydrogen) atoms. The molecule has 1 fully saturated rings. The van der Waals surface area contributed by atoms with E-state index >= 15 is 0 Å². The van der Waals surface area contributed by atoms with E-state index in [1.54, 1.807) is 24.3 Å². The van der Waals surface area contributed by atoms with Gasteiger partial charge < -0.3 is 15.8 Å². The Hall–Kier alpha value is -2.90. The average Bonchev–Trinajstić information content (AvgIpc) is 2.70. The van der Waals surface area contributed by atoms with Gasteiger partial charge in [-0.25, -0.2) is 0 Å². The number of hydrogen-bond donors (Lipinski definition) is 2. The second-order valence-corrected chi connectivity index (χ2v) is 6.87. The number of benzene rings is 2. The summed E-state index contributed by atoms with van der Waals surface area (Å²) in [6.07, 6.45) is 0. The van der Waals surface area contributed by atoms with Crippen LogP contribution < -0.4 is 15.8 Å². The largest absolute Gasteiger partial charge is 0.484 e. The van der Waals surface area contributed by atoms with Gasteiger partial charge in [0, 0.05) is 38.4 Å². The molecule has 3 N–H and O–H groups in total. The Kier molecular flexibility index (Phi) is 7.00. The second-order valence-electron chi connectivity index (χ2n) is 6.87. The van der Waals surface area contributed by atoms with Crippen molar-refractivity contribution in [3.05, 3.63) is 60.2 Å². The minimum absolute atomic E-state index is 0.0395. The number of nitrogens with one attached hydrogen (secondary N) is 1. The number of hydrogen-bond acceptors (Lipinski definition) is 5. The highest BCUT2D eigenvalue weighted by Gasteiger charge is 2.19. The molecule has 0 aromatic heterocycles. The van der Waals surface area contributed by atoms with E-state index in [0.29, 0.717) is 18.0 Å². The number of nitrogens with zero attached hydrogens (tertiary/aromatic N) is 2. The fourth-order valence-corrected chi connectivity index (χ4v) is 3.14. The molecular weight excluding hydrogens is 356 g/mol. The number of nitrogens with two attached hydrogens (primary N) is 1. The first kappa shape index (κ1) is 19.9. The van der Waals surface area contributed by atoms with E-state index in [0.717, 1.165) is 32.7 Å². The minimum atomic E-state index is -0.527. The summed E-state index contributed by atoms with van der Waals surface area (Å²) in [7, 11) is 0. The summed E-state index contributed by atoms with van der Waals surface area (Å²) in [5.41, 5.74) is 7.05. The van der Waals surface area contributed by atoms with Crippen molar-refractivity contribution >= 4 is 17.5 Å². The molecule has 1 aliphatic heterocycles. The van der Waals surface area contributed by atoms with Gasteiger partial charge in [0.2, 0.25) is 5.91 Å². The number of primary amides is 1. The van der Waals surface area contributed by atoms with Gasteiger partial charge in [0.1, 0.15) is 5.75 Å². The van der Waals surface area contributed by atoms with Gasteiger partial charge in [0.25, 0.3) is 5.91 Å². The van der Waals surface area contributed by atoms with Gasteiger partial charge in [-0.2, -0.15) is 0 Å². The van der Waals surface area contributed by atoms with Crippen LogP contribution in [0.25, 0.3) is 0 Å². The molecule has 3 rings (SSSR count). The summed E-state index contributed by atoms with van der Waals surface area (Å²) in [5.74, 6) is -0.0325. The molecule has 1 saturated heterocycles. The van der Waals surface area contributed by atoms with Crippen molar-refractivity contribution in [3.8, 4) is 5.75 Å². The van der Waals surface area contributed by atoms with Crippen molar-refractivity contribution in [3.63, 3.8) is 0 Å². The molecule has 0 unspecified atom stereocenters. The van der Waals surface area contributed by atoms with Crippen molar-refractivity contribution in [1.82, 2.24) is 9.80 Å². The first-order valence-electron chi connectivity index (χ1n) is 9.38. The van der Waals surface area contributed by atoms with Gasteiger partial charge >= 0.3 is 0 Å². The molecule has 7 heteroatoms. The Morgan fingerprint density at radius 1 is 0.929 bits per heavy atom. The topological polar surface area (TPSA) is 87.9 Å². The van der Waals surface area contributed by atoms with Crippen molar-refractivity contribution in [2.24, 2.45) is 5.73 Å². The summed E-state index contributed by atoms with van der Waals surface area (Å²) < 4.78 is 5.20. The lowest BCUT2D eigenvalue weighted by Gasteiger charge is -2.34. The van der Waals surface area contributed by atoms with Crippen LogP contribution in [0.2, 0.25) is 0 Å². The quantitative estimate of drug-likeness (QED) is 0.719. The Morgan fingerprint density at radius 3 is 2.21 bits per heavy atom. The molecule has 0 spiro atoms. The number of ether oxygens (including phenoxy) is 1. The second kappa shape index (κ2) is 9.87. The molecule has 1 aliphatic rings. The zero-order chi connectivity index (χ0) is 19.8. The molecular formula is C21H26N4O3. The molecule has 2 amide bonds. The van der Waals surface area contributed by atoms with E-state index in [-0.39, 0.29) is 12.5 Å². The van der Waals surface area contributed by atoms with Crippen LogP contribution in [0.5, 0.6) is 5.75 Å². The highest BCUT2D eigenvalue weighted by atomic mass is 16.5. The van der Waals surface area contributed by atoms with Gasteiger partial charge in [-0.05, 0) is 29.8 Å². The zero-order valence-corrected chi connectivity index (χ0v) is 15.8. The van der Waals surface area contributed by atoms with E-state index in [1.807, 2.05) is 6.07 Å². The van der Waals surface area contributed by atoms with Crippen LogP contribution in [0.4, 0.5) is 5.69 Å². The molecule has 2 aromatic carbocycles. The normalized spacial score (nSPS) is 15.1. The van der Waals surface area contributed by atoms with Crippen molar-refractivity contribution in [2.75, 3.05) is 44.6 Å². The first-order chi connectivity index (χ1) is 13.6. The van der Waals surface area contributed by atoms with Gasteiger partial charge in [-0.15, -0.1) is 0 Å². The number of piperazine rings is 1. The van der Waals surface area contributed by atoms with Gasteiger partial charge in [-0.3, -0.25) is 19.4 Å². The van der Waals surface area contributed by atoms with Gasteiger partial charge in [-0.1, -0.05) is 30.3 Å². The third-order valence-electron chi connectivity index (χ3n) is 4.60. The Bertz CT molecular complexity index is 772. The lowest BCUT2D eigenvalue weighted by atomic mass is 10.2. The Labute approximate surface area is 165 Å². The van der Waals surface area contributed by atoms with E-state index in [4.69, 9.17) is 10.5 Å². The molecule has 2 aromatic rings. The lowest BCUT2D eigenvalue weighted by molar-refractivity contribution is -0.120. The molecule has 7 nitrogen and oxygen atoms in total. The van der Waals surface area contributed by atoms with Crippen LogP contribution in [0.15, 0.2) is 54.6 Å². The third-order valence-corrected chi connectivity index (χ3v) is 4.60. The Balaban J connectivity index is 1.39. The maximum absolute atomic E-state index is 12.3. The molecule has 0 saturated carbocycles. The lowest BCUT2D eigenvalue weighted by Crippen LogP contribution is -2.48. The smallest absolute Gasteiger partial charge is 0.255 e. The maximum atomic E-state index is 12.3. The van der Waals surface area contributed by atoms with Gasteiger partial charge in [0.05, 0.1) is 6.54 Å².